The van der Waals surface area contributed by atoms with Crippen LogP contribution in [0.5, 0.6) is 5.75 Å². The van der Waals surface area contributed by atoms with Crippen LogP contribution in [0.15, 0.2) is 47.0 Å². The highest BCUT2D eigenvalue weighted by Gasteiger charge is 2.11. The van der Waals surface area contributed by atoms with Gasteiger partial charge in [-0.25, -0.2) is 4.39 Å². The minimum absolute atomic E-state index is 0.309. The van der Waals surface area contributed by atoms with Crippen LogP contribution >= 0.6 is 0 Å². The third kappa shape index (κ3) is 3.91. The lowest BCUT2D eigenvalue weighted by molar-refractivity contribution is 0.102. The lowest BCUT2D eigenvalue weighted by Gasteiger charge is -2.10. The fourth-order valence-corrected chi connectivity index (χ4v) is 2.49. The zero-order valence-electron chi connectivity index (χ0n) is 14.8. The average Bonchev–Trinajstić information content (AvgIpc) is 2.95. The van der Waals surface area contributed by atoms with Gasteiger partial charge in [0.25, 0.3) is 5.91 Å². The van der Waals surface area contributed by atoms with Crippen LogP contribution in [-0.4, -0.2) is 11.1 Å². The Kier molecular flexibility index (Phi) is 5.02. The number of aryl methyl sites for hydroxylation is 3. The Morgan fingerprint density at radius 1 is 1.15 bits per heavy atom. The van der Waals surface area contributed by atoms with Gasteiger partial charge in [-0.15, -0.1) is 0 Å². The number of hydrogen-bond acceptors (Lipinski definition) is 4. The molecular formula is C20H19FN2O3. The number of hydrogen-bond donors (Lipinski definition) is 1. The molecule has 0 atom stereocenters. The van der Waals surface area contributed by atoms with E-state index in [9.17, 15) is 9.18 Å². The topological polar surface area (TPSA) is 64.4 Å². The summed E-state index contributed by atoms with van der Waals surface area (Å²) < 4.78 is 24.1. The Hall–Kier alpha value is -3.15. The van der Waals surface area contributed by atoms with E-state index in [-0.39, 0.29) is 5.91 Å². The van der Waals surface area contributed by atoms with Crippen LogP contribution in [0.25, 0.3) is 0 Å². The number of rotatable bonds is 5. The Morgan fingerprint density at radius 2 is 1.88 bits per heavy atom. The quantitative estimate of drug-likeness (QED) is 0.729. The number of carbonyl (C=O) groups is 1. The van der Waals surface area contributed by atoms with Crippen LogP contribution in [0, 0.1) is 26.6 Å². The SMILES string of the molecule is Cc1ccc(F)cc1NC(=O)c1ccc(OCc2c(C)noc2C)cc1. The van der Waals surface area contributed by atoms with Crippen LogP contribution in [0.4, 0.5) is 10.1 Å². The van der Waals surface area contributed by atoms with Gasteiger partial charge in [-0.3, -0.25) is 4.79 Å². The highest BCUT2D eigenvalue weighted by molar-refractivity contribution is 6.04. The summed E-state index contributed by atoms with van der Waals surface area (Å²) in [4.78, 5) is 12.3. The van der Waals surface area contributed by atoms with Crippen molar-refractivity contribution in [1.82, 2.24) is 5.16 Å². The zero-order valence-corrected chi connectivity index (χ0v) is 14.8. The van der Waals surface area contributed by atoms with E-state index >= 15 is 0 Å². The molecule has 0 spiro atoms. The fraction of sp³-hybridized carbons (Fsp3) is 0.200. The highest BCUT2D eigenvalue weighted by atomic mass is 19.1. The number of nitrogens with zero attached hydrogens (tertiary/aromatic N) is 1. The van der Waals surface area contributed by atoms with Gasteiger partial charge in [0.05, 0.1) is 11.3 Å². The second kappa shape index (κ2) is 7.39. The molecule has 0 bridgehead atoms. The molecule has 3 rings (SSSR count). The predicted octanol–water partition coefficient (Wildman–Crippen LogP) is 4.57. The van der Waals surface area contributed by atoms with E-state index in [0.717, 1.165) is 22.6 Å². The molecule has 5 nitrogen and oxygen atoms in total. The number of anilines is 1. The third-order valence-electron chi connectivity index (χ3n) is 4.13. The van der Waals surface area contributed by atoms with Crippen LogP contribution in [-0.2, 0) is 6.61 Å². The number of carbonyl (C=O) groups excluding carboxylic acids is 1. The van der Waals surface area contributed by atoms with Gasteiger partial charge >= 0.3 is 0 Å². The molecule has 0 aliphatic rings. The maximum atomic E-state index is 13.3. The van der Waals surface area contributed by atoms with Gasteiger partial charge in [-0.1, -0.05) is 11.2 Å². The number of nitrogens with one attached hydrogen (secondary N) is 1. The molecule has 134 valence electrons. The summed E-state index contributed by atoms with van der Waals surface area (Å²) >= 11 is 0. The van der Waals surface area contributed by atoms with Crippen LogP contribution in [0.2, 0.25) is 0 Å². The van der Waals surface area contributed by atoms with Gasteiger partial charge in [0, 0.05) is 11.3 Å². The summed E-state index contributed by atoms with van der Waals surface area (Å²) in [6, 6.07) is 11.0. The van der Waals surface area contributed by atoms with Crippen molar-refractivity contribution >= 4 is 11.6 Å². The van der Waals surface area contributed by atoms with Crippen molar-refractivity contribution in [3.63, 3.8) is 0 Å². The molecule has 0 aliphatic heterocycles. The van der Waals surface area contributed by atoms with Gasteiger partial charge in [-0.05, 0) is 62.7 Å². The van der Waals surface area contributed by atoms with E-state index in [2.05, 4.69) is 10.5 Å². The van der Waals surface area contributed by atoms with Crippen LogP contribution < -0.4 is 10.1 Å². The summed E-state index contributed by atoms with van der Waals surface area (Å²) in [6.45, 7) is 5.84. The van der Waals surface area contributed by atoms with Gasteiger partial charge in [-0.2, -0.15) is 0 Å². The lowest BCUT2D eigenvalue weighted by atomic mass is 10.1. The molecule has 1 N–H and O–H groups in total. The number of ether oxygens (including phenoxy) is 1. The number of aromatic nitrogens is 1. The minimum Gasteiger partial charge on any atom is -0.489 e. The summed E-state index contributed by atoms with van der Waals surface area (Å²) in [5.74, 6) is 0.650. The van der Waals surface area contributed by atoms with E-state index in [4.69, 9.17) is 9.26 Å². The first kappa shape index (κ1) is 17.7. The smallest absolute Gasteiger partial charge is 0.255 e. The Bertz CT molecular complexity index is 913. The first-order chi connectivity index (χ1) is 12.4. The molecule has 26 heavy (non-hydrogen) atoms. The second-order valence-electron chi connectivity index (χ2n) is 6.03. The van der Waals surface area contributed by atoms with E-state index in [1.165, 1.54) is 12.1 Å². The Balaban J connectivity index is 1.65. The molecule has 3 aromatic rings. The van der Waals surface area contributed by atoms with E-state index in [0.29, 0.717) is 23.6 Å². The average molecular weight is 354 g/mol. The van der Waals surface area contributed by atoms with Crippen molar-refractivity contribution in [3.8, 4) is 5.75 Å². The number of benzene rings is 2. The molecule has 1 heterocycles. The lowest BCUT2D eigenvalue weighted by Crippen LogP contribution is -2.12. The predicted molar refractivity (Wildman–Crippen MR) is 95.8 cm³/mol. The summed E-state index contributed by atoms with van der Waals surface area (Å²) in [5.41, 5.74) is 3.41. The van der Waals surface area contributed by atoms with Gasteiger partial charge < -0.3 is 14.6 Å². The first-order valence-electron chi connectivity index (χ1n) is 8.16. The second-order valence-corrected chi connectivity index (χ2v) is 6.03. The molecule has 0 unspecified atom stereocenters. The van der Waals surface area contributed by atoms with E-state index in [1.54, 1.807) is 37.3 Å². The highest BCUT2D eigenvalue weighted by Crippen LogP contribution is 2.20. The van der Waals surface area contributed by atoms with Gasteiger partial charge in [0.2, 0.25) is 0 Å². The van der Waals surface area contributed by atoms with Crippen molar-refractivity contribution in [1.29, 1.82) is 0 Å². The Labute approximate surface area is 150 Å². The fourth-order valence-electron chi connectivity index (χ4n) is 2.49. The van der Waals surface area contributed by atoms with Gasteiger partial charge in [0.15, 0.2) is 0 Å². The normalized spacial score (nSPS) is 10.6. The maximum absolute atomic E-state index is 13.3. The molecule has 0 saturated carbocycles. The van der Waals surface area contributed by atoms with E-state index < -0.39 is 5.82 Å². The van der Waals surface area contributed by atoms with Crippen LogP contribution in [0.3, 0.4) is 0 Å². The summed E-state index contributed by atoms with van der Waals surface area (Å²) in [5, 5.41) is 6.60. The molecule has 0 aliphatic carbocycles. The molecule has 2 aromatic carbocycles. The molecule has 6 heteroatoms. The Morgan fingerprint density at radius 3 is 2.54 bits per heavy atom. The van der Waals surface area contributed by atoms with Crippen molar-refractivity contribution in [2.24, 2.45) is 0 Å². The zero-order chi connectivity index (χ0) is 18.7. The summed E-state index contributed by atoms with van der Waals surface area (Å²) in [7, 11) is 0. The van der Waals surface area contributed by atoms with Crippen molar-refractivity contribution in [2.45, 2.75) is 27.4 Å². The van der Waals surface area contributed by atoms with Crippen molar-refractivity contribution in [2.75, 3.05) is 5.32 Å². The van der Waals surface area contributed by atoms with Crippen LogP contribution in [0.1, 0.15) is 32.9 Å². The molecule has 0 saturated heterocycles. The molecule has 0 fully saturated rings. The monoisotopic (exact) mass is 354 g/mol. The summed E-state index contributed by atoms with van der Waals surface area (Å²) in [6.07, 6.45) is 0. The van der Waals surface area contributed by atoms with Gasteiger partial charge in [0.1, 0.15) is 23.9 Å². The minimum atomic E-state index is -0.394. The first-order valence-corrected chi connectivity index (χ1v) is 8.16. The molecular weight excluding hydrogens is 335 g/mol. The molecule has 0 radical (unpaired) electrons. The molecule has 1 aromatic heterocycles. The van der Waals surface area contributed by atoms with Crippen molar-refractivity contribution in [3.05, 3.63) is 76.4 Å². The van der Waals surface area contributed by atoms with E-state index in [1.807, 2.05) is 13.8 Å². The third-order valence-corrected chi connectivity index (χ3v) is 4.13. The number of amides is 1. The number of halogens is 1. The maximum Gasteiger partial charge on any atom is 0.255 e. The largest absolute Gasteiger partial charge is 0.489 e. The van der Waals surface area contributed by atoms with Crippen molar-refractivity contribution < 1.29 is 18.4 Å². The molecule has 1 amide bonds. The standard InChI is InChI=1S/C20H19FN2O3/c1-12-4-7-16(21)10-19(12)22-20(24)15-5-8-17(9-6-15)25-11-18-13(2)23-26-14(18)3/h4-10H,11H2,1-3H3,(H,22,24).